The molecule has 0 radical (unpaired) electrons. The minimum absolute atomic E-state index is 0.108. The van der Waals surface area contributed by atoms with E-state index in [1.165, 1.54) is 25.0 Å². The van der Waals surface area contributed by atoms with Crippen LogP contribution in [-0.2, 0) is 6.42 Å². The van der Waals surface area contributed by atoms with Gasteiger partial charge in [0.1, 0.15) is 5.82 Å². The molecule has 0 atom stereocenters. The molecule has 0 amide bonds. The van der Waals surface area contributed by atoms with Crippen LogP contribution in [0.5, 0.6) is 0 Å². The van der Waals surface area contributed by atoms with E-state index in [4.69, 9.17) is 16.0 Å². The highest BCUT2D eigenvalue weighted by Crippen LogP contribution is 2.25. The summed E-state index contributed by atoms with van der Waals surface area (Å²) in [6.07, 6.45) is 4.89. The Balaban J connectivity index is 1.67. The molecule has 3 nitrogen and oxygen atoms in total. The Morgan fingerprint density at radius 3 is 3.00 bits per heavy atom. The number of hydrogen-bond acceptors (Lipinski definition) is 3. The van der Waals surface area contributed by atoms with Gasteiger partial charge >= 0.3 is 0 Å². The standard InChI is InChI=1S/C14H14ClFN2O/c15-11-4-1-9(7-12(11)16)13-8-18-14(19-13)5-6-17-10-2-3-10/h1,4,7-8,10,17H,2-3,5-6H2. The first-order chi connectivity index (χ1) is 9.22. The van der Waals surface area contributed by atoms with Crippen LogP contribution in [-0.4, -0.2) is 17.6 Å². The topological polar surface area (TPSA) is 38.1 Å². The summed E-state index contributed by atoms with van der Waals surface area (Å²) in [7, 11) is 0. The van der Waals surface area contributed by atoms with E-state index in [0.29, 0.717) is 23.3 Å². The zero-order chi connectivity index (χ0) is 13.2. The second-order valence-electron chi connectivity index (χ2n) is 4.73. The minimum Gasteiger partial charge on any atom is -0.441 e. The highest BCUT2D eigenvalue weighted by Gasteiger charge is 2.20. The number of aromatic nitrogens is 1. The summed E-state index contributed by atoms with van der Waals surface area (Å²) in [4.78, 5) is 4.20. The Kier molecular flexibility index (Phi) is 3.53. The molecule has 1 aliphatic rings. The lowest BCUT2D eigenvalue weighted by Gasteiger charge is -2.00. The van der Waals surface area contributed by atoms with Crippen molar-refractivity contribution in [2.45, 2.75) is 25.3 Å². The van der Waals surface area contributed by atoms with Crippen molar-refractivity contribution >= 4 is 11.6 Å². The Bertz CT molecular complexity index is 581. The van der Waals surface area contributed by atoms with Crippen molar-refractivity contribution in [3.05, 3.63) is 41.1 Å². The molecule has 2 aromatic rings. The van der Waals surface area contributed by atoms with Crippen LogP contribution in [0.3, 0.4) is 0 Å². The molecule has 1 fully saturated rings. The summed E-state index contributed by atoms with van der Waals surface area (Å²) in [6.45, 7) is 0.861. The fraction of sp³-hybridized carbons (Fsp3) is 0.357. The summed E-state index contributed by atoms with van der Waals surface area (Å²) < 4.78 is 19.0. The molecule has 0 saturated heterocycles. The van der Waals surface area contributed by atoms with Gasteiger partial charge in [0.15, 0.2) is 11.7 Å². The van der Waals surface area contributed by atoms with Gasteiger partial charge < -0.3 is 9.73 Å². The number of hydrogen-bond donors (Lipinski definition) is 1. The summed E-state index contributed by atoms with van der Waals surface area (Å²) >= 11 is 5.65. The zero-order valence-corrected chi connectivity index (χ0v) is 11.1. The van der Waals surface area contributed by atoms with Gasteiger partial charge in [0.2, 0.25) is 0 Å². The van der Waals surface area contributed by atoms with E-state index >= 15 is 0 Å². The molecule has 0 spiro atoms. The maximum Gasteiger partial charge on any atom is 0.196 e. The van der Waals surface area contributed by atoms with Crippen LogP contribution >= 0.6 is 11.6 Å². The molecule has 5 heteroatoms. The van der Waals surface area contributed by atoms with Gasteiger partial charge in [-0.15, -0.1) is 0 Å². The van der Waals surface area contributed by atoms with Crippen LogP contribution in [0.2, 0.25) is 5.02 Å². The van der Waals surface area contributed by atoms with Gasteiger partial charge in [-0.05, 0) is 31.0 Å². The third-order valence-corrected chi connectivity index (χ3v) is 3.41. The van der Waals surface area contributed by atoms with Crippen molar-refractivity contribution in [3.8, 4) is 11.3 Å². The van der Waals surface area contributed by atoms with Crippen molar-refractivity contribution in [2.24, 2.45) is 0 Å². The molecule has 3 rings (SSSR count). The Morgan fingerprint density at radius 2 is 2.26 bits per heavy atom. The van der Waals surface area contributed by atoms with Crippen molar-refractivity contribution < 1.29 is 8.81 Å². The normalized spacial score (nSPS) is 14.8. The van der Waals surface area contributed by atoms with Crippen molar-refractivity contribution in [1.29, 1.82) is 0 Å². The molecule has 0 aliphatic heterocycles. The van der Waals surface area contributed by atoms with Gasteiger partial charge in [-0.25, -0.2) is 9.37 Å². The van der Waals surface area contributed by atoms with Crippen LogP contribution in [0.15, 0.2) is 28.8 Å². The zero-order valence-electron chi connectivity index (χ0n) is 10.3. The van der Waals surface area contributed by atoms with Crippen molar-refractivity contribution in [1.82, 2.24) is 10.3 Å². The van der Waals surface area contributed by atoms with Crippen LogP contribution < -0.4 is 5.32 Å². The first-order valence-electron chi connectivity index (χ1n) is 6.36. The summed E-state index contributed by atoms with van der Waals surface area (Å²) in [6, 6.07) is 5.27. The maximum atomic E-state index is 13.4. The van der Waals surface area contributed by atoms with Gasteiger partial charge in [0.05, 0.1) is 11.2 Å². The molecule has 1 N–H and O–H groups in total. The largest absolute Gasteiger partial charge is 0.441 e. The van der Waals surface area contributed by atoms with Gasteiger partial charge in [-0.2, -0.15) is 0 Å². The fourth-order valence-corrected chi connectivity index (χ4v) is 2.00. The average Bonchev–Trinajstić information content (AvgIpc) is 3.10. The quantitative estimate of drug-likeness (QED) is 0.912. The first kappa shape index (κ1) is 12.6. The molecule has 1 saturated carbocycles. The predicted octanol–water partition coefficient (Wildman–Crippen LogP) is 3.43. The molecule has 1 heterocycles. The van der Waals surface area contributed by atoms with Gasteiger partial charge in [-0.1, -0.05) is 11.6 Å². The molecule has 19 heavy (non-hydrogen) atoms. The molecule has 0 unspecified atom stereocenters. The van der Waals surface area contributed by atoms with E-state index in [9.17, 15) is 4.39 Å². The lowest BCUT2D eigenvalue weighted by molar-refractivity contribution is 0.494. The van der Waals surface area contributed by atoms with Crippen molar-refractivity contribution in [3.63, 3.8) is 0 Å². The van der Waals surface area contributed by atoms with Crippen LogP contribution in [0.1, 0.15) is 18.7 Å². The Labute approximate surface area is 115 Å². The maximum absolute atomic E-state index is 13.4. The lowest BCUT2D eigenvalue weighted by atomic mass is 10.2. The van der Waals surface area contributed by atoms with Gasteiger partial charge in [0, 0.05) is 24.6 Å². The molecule has 1 aliphatic carbocycles. The highest BCUT2D eigenvalue weighted by atomic mass is 35.5. The molecule has 1 aromatic heterocycles. The number of nitrogens with zero attached hydrogens (tertiary/aromatic N) is 1. The van der Waals surface area contributed by atoms with Gasteiger partial charge in [0.25, 0.3) is 0 Å². The number of nitrogens with one attached hydrogen (secondary N) is 1. The summed E-state index contributed by atoms with van der Waals surface area (Å²) in [5, 5.41) is 3.50. The Hall–Kier alpha value is -1.39. The number of halogens is 2. The number of oxazole rings is 1. The Morgan fingerprint density at radius 1 is 1.42 bits per heavy atom. The number of rotatable bonds is 5. The molecular formula is C14H14ClFN2O. The molecule has 1 aromatic carbocycles. The SMILES string of the molecule is Fc1cc(-c2cnc(CCNC3CC3)o2)ccc1Cl. The van der Waals surface area contributed by atoms with E-state index in [1.54, 1.807) is 12.3 Å². The van der Waals surface area contributed by atoms with E-state index in [1.807, 2.05) is 0 Å². The number of benzene rings is 1. The second-order valence-corrected chi connectivity index (χ2v) is 5.13. The smallest absolute Gasteiger partial charge is 0.196 e. The van der Waals surface area contributed by atoms with E-state index in [2.05, 4.69) is 10.3 Å². The minimum atomic E-state index is -0.451. The van der Waals surface area contributed by atoms with E-state index in [-0.39, 0.29) is 5.02 Å². The van der Waals surface area contributed by atoms with Gasteiger partial charge in [-0.3, -0.25) is 0 Å². The lowest BCUT2D eigenvalue weighted by Crippen LogP contribution is -2.19. The molecule has 100 valence electrons. The predicted molar refractivity (Wildman–Crippen MR) is 71.6 cm³/mol. The summed E-state index contributed by atoms with van der Waals surface area (Å²) in [5.74, 6) is 0.781. The third-order valence-electron chi connectivity index (χ3n) is 3.11. The van der Waals surface area contributed by atoms with Crippen LogP contribution in [0.4, 0.5) is 4.39 Å². The van der Waals surface area contributed by atoms with Crippen LogP contribution in [0.25, 0.3) is 11.3 Å². The highest BCUT2D eigenvalue weighted by molar-refractivity contribution is 6.30. The first-order valence-corrected chi connectivity index (χ1v) is 6.73. The van der Waals surface area contributed by atoms with E-state index in [0.717, 1.165) is 13.0 Å². The molecular weight excluding hydrogens is 267 g/mol. The summed E-state index contributed by atoms with van der Waals surface area (Å²) in [5.41, 5.74) is 0.649. The third kappa shape index (κ3) is 3.14. The van der Waals surface area contributed by atoms with E-state index < -0.39 is 5.82 Å². The second kappa shape index (κ2) is 5.31. The van der Waals surface area contributed by atoms with Crippen molar-refractivity contribution in [2.75, 3.05) is 6.54 Å². The molecule has 0 bridgehead atoms. The average molecular weight is 281 g/mol. The fourth-order valence-electron chi connectivity index (χ4n) is 1.88. The van der Waals surface area contributed by atoms with Crippen LogP contribution in [0, 0.1) is 5.82 Å². The monoisotopic (exact) mass is 280 g/mol.